The number of aryl methyl sites for hydroxylation is 1. The van der Waals surface area contributed by atoms with E-state index >= 15 is 0 Å². The molecular formula is C14H13N. The summed E-state index contributed by atoms with van der Waals surface area (Å²) in [6, 6.07) is 12.4. The van der Waals surface area contributed by atoms with Crippen molar-refractivity contribution in [3.63, 3.8) is 0 Å². The van der Waals surface area contributed by atoms with Gasteiger partial charge < -0.3 is 0 Å². The Bertz CT molecular complexity index is 441. The van der Waals surface area contributed by atoms with E-state index in [1.54, 1.807) is 6.20 Å². The number of aromatic nitrogens is 1. The minimum absolute atomic E-state index is 1.12. The molecule has 0 bridgehead atoms. The molecule has 0 unspecified atom stereocenters. The molecule has 0 aliphatic carbocycles. The molecule has 0 spiro atoms. The molecule has 0 aliphatic heterocycles. The Morgan fingerprint density at radius 2 is 1.67 bits per heavy atom. The third-order valence-electron chi connectivity index (χ3n) is 2.23. The highest BCUT2D eigenvalue weighted by Gasteiger charge is 1.87. The Morgan fingerprint density at radius 1 is 0.933 bits per heavy atom. The zero-order chi connectivity index (χ0) is 10.5. The Kier molecular flexibility index (Phi) is 2.93. The first kappa shape index (κ1) is 9.66. The van der Waals surface area contributed by atoms with Crippen LogP contribution in [-0.2, 0) is 0 Å². The van der Waals surface area contributed by atoms with Crippen LogP contribution in [0.2, 0.25) is 0 Å². The highest BCUT2D eigenvalue weighted by Crippen LogP contribution is 2.08. The summed E-state index contributed by atoms with van der Waals surface area (Å²) in [4.78, 5) is 4.06. The van der Waals surface area contributed by atoms with Crippen LogP contribution in [0.15, 0.2) is 48.8 Å². The third-order valence-corrected chi connectivity index (χ3v) is 2.23. The molecule has 15 heavy (non-hydrogen) atoms. The van der Waals surface area contributed by atoms with Gasteiger partial charge in [-0.1, -0.05) is 48.0 Å². The fourth-order valence-corrected chi connectivity index (χ4v) is 1.34. The van der Waals surface area contributed by atoms with Gasteiger partial charge in [0.1, 0.15) is 0 Å². The molecule has 74 valence electrons. The highest BCUT2D eigenvalue weighted by atomic mass is 14.6. The maximum Gasteiger partial charge on any atom is 0.0340 e. The fourth-order valence-electron chi connectivity index (χ4n) is 1.34. The summed E-state index contributed by atoms with van der Waals surface area (Å²) in [5, 5.41) is 0. The Balaban J connectivity index is 2.15. The molecule has 1 aromatic heterocycles. The van der Waals surface area contributed by atoms with Gasteiger partial charge in [-0.25, -0.2) is 0 Å². The van der Waals surface area contributed by atoms with E-state index in [1.807, 2.05) is 18.3 Å². The number of pyridine rings is 1. The monoisotopic (exact) mass is 195 g/mol. The summed E-state index contributed by atoms with van der Waals surface area (Å²) < 4.78 is 0. The number of nitrogens with zero attached hydrogens (tertiary/aromatic N) is 1. The van der Waals surface area contributed by atoms with Gasteiger partial charge in [0.15, 0.2) is 0 Å². The number of rotatable bonds is 2. The molecule has 0 saturated carbocycles. The van der Waals surface area contributed by atoms with Crippen molar-refractivity contribution in [2.75, 3.05) is 0 Å². The Hall–Kier alpha value is -1.89. The average Bonchev–Trinajstić information content (AvgIpc) is 2.30. The van der Waals surface area contributed by atoms with Gasteiger partial charge in [0, 0.05) is 12.4 Å². The van der Waals surface area contributed by atoms with Crippen LogP contribution < -0.4 is 0 Å². The normalized spacial score (nSPS) is 10.7. The molecule has 2 aromatic rings. The van der Waals surface area contributed by atoms with Crippen LogP contribution >= 0.6 is 0 Å². The summed E-state index contributed by atoms with van der Waals surface area (Å²) >= 11 is 0. The van der Waals surface area contributed by atoms with E-state index in [1.165, 1.54) is 11.1 Å². The lowest BCUT2D eigenvalue weighted by atomic mass is 10.1. The molecule has 0 radical (unpaired) electrons. The lowest BCUT2D eigenvalue weighted by Gasteiger charge is -1.95. The van der Waals surface area contributed by atoms with Crippen molar-refractivity contribution in [1.29, 1.82) is 0 Å². The van der Waals surface area contributed by atoms with Crippen LogP contribution in [0.4, 0.5) is 0 Å². The molecule has 1 heteroatoms. The quantitative estimate of drug-likeness (QED) is 0.714. The molecule has 0 N–H and O–H groups in total. The van der Waals surface area contributed by atoms with Crippen molar-refractivity contribution in [3.05, 3.63) is 65.5 Å². The molecule has 1 aromatic carbocycles. The molecule has 1 heterocycles. The smallest absolute Gasteiger partial charge is 0.0340 e. The molecule has 0 amide bonds. The van der Waals surface area contributed by atoms with Gasteiger partial charge in [0.05, 0.1) is 0 Å². The van der Waals surface area contributed by atoms with Crippen LogP contribution in [0, 0.1) is 6.92 Å². The molecule has 0 saturated heterocycles. The predicted molar refractivity (Wildman–Crippen MR) is 64.3 cm³/mol. The molecule has 0 aliphatic rings. The van der Waals surface area contributed by atoms with E-state index in [0.29, 0.717) is 0 Å². The Labute approximate surface area is 90.1 Å². The van der Waals surface area contributed by atoms with Gasteiger partial charge in [-0.05, 0) is 24.1 Å². The van der Waals surface area contributed by atoms with E-state index in [-0.39, 0.29) is 0 Å². The first-order valence-corrected chi connectivity index (χ1v) is 4.99. The second-order valence-corrected chi connectivity index (χ2v) is 3.53. The van der Waals surface area contributed by atoms with Crippen molar-refractivity contribution in [1.82, 2.24) is 4.98 Å². The fraction of sp³-hybridized carbons (Fsp3) is 0.0714. The Morgan fingerprint density at radius 3 is 2.33 bits per heavy atom. The predicted octanol–water partition coefficient (Wildman–Crippen LogP) is 3.56. The van der Waals surface area contributed by atoms with Crippen molar-refractivity contribution in [2.45, 2.75) is 6.92 Å². The molecule has 2 rings (SSSR count). The SMILES string of the molecule is Cc1ccc(C=Cc2cccnc2)cc1. The van der Waals surface area contributed by atoms with E-state index in [9.17, 15) is 0 Å². The van der Waals surface area contributed by atoms with Gasteiger partial charge in [0.25, 0.3) is 0 Å². The second kappa shape index (κ2) is 4.56. The lowest BCUT2D eigenvalue weighted by Crippen LogP contribution is -1.75. The van der Waals surface area contributed by atoms with E-state index in [2.05, 4.69) is 48.3 Å². The molecular weight excluding hydrogens is 182 g/mol. The first-order valence-electron chi connectivity index (χ1n) is 4.99. The van der Waals surface area contributed by atoms with Crippen molar-refractivity contribution in [2.24, 2.45) is 0 Å². The lowest BCUT2D eigenvalue weighted by molar-refractivity contribution is 1.32. The van der Waals surface area contributed by atoms with Gasteiger partial charge in [-0.15, -0.1) is 0 Å². The molecule has 1 nitrogen and oxygen atoms in total. The number of benzene rings is 1. The third kappa shape index (κ3) is 2.78. The summed E-state index contributed by atoms with van der Waals surface area (Å²) in [6.45, 7) is 2.09. The summed E-state index contributed by atoms with van der Waals surface area (Å²) in [5.41, 5.74) is 3.62. The minimum atomic E-state index is 1.12. The summed E-state index contributed by atoms with van der Waals surface area (Å²) in [6.07, 6.45) is 7.79. The van der Waals surface area contributed by atoms with Crippen molar-refractivity contribution >= 4 is 12.2 Å². The minimum Gasteiger partial charge on any atom is -0.264 e. The van der Waals surface area contributed by atoms with Crippen molar-refractivity contribution in [3.8, 4) is 0 Å². The van der Waals surface area contributed by atoms with Gasteiger partial charge in [-0.2, -0.15) is 0 Å². The largest absolute Gasteiger partial charge is 0.264 e. The van der Waals surface area contributed by atoms with Gasteiger partial charge >= 0.3 is 0 Å². The standard InChI is InChI=1S/C14H13N/c1-12-4-6-13(7-5-12)8-9-14-3-2-10-15-11-14/h2-11H,1H3. The van der Waals surface area contributed by atoms with E-state index < -0.39 is 0 Å². The van der Waals surface area contributed by atoms with Gasteiger partial charge in [0.2, 0.25) is 0 Å². The molecule has 0 atom stereocenters. The topological polar surface area (TPSA) is 12.9 Å². The molecule has 0 fully saturated rings. The number of hydrogen-bond acceptors (Lipinski definition) is 1. The summed E-state index contributed by atoms with van der Waals surface area (Å²) in [7, 11) is 0. The van der Waals surface area contributed by atoms with Crippen molar-refractivity contribution < 1.29 is 0 Å². The van der Waals surface area contributed by atoms with Gasteiger partial charge in [-0.3, -0.25) is 4.98 Å². The highest BCUT2D eigenvalue weighted by molar-refractivity contribution is 5.69. The average molecular weight is 195 g/mol. The second-order valence-electron chi connectivity index (χ2n) is 3.53. The van der Waals surface area contributed by atoms with E-state index in [0.717, 1.165) is 5.56 Å². The first-order chi connectivity index (χ1) is 7.34. The summed E-state index contributed by atoms with van der Waals surface area (Å²) in [5.74, 6) is 0. The van der Waals surface area contributed by atoms with Crippen LogP contribution in [0.1, 0.15) is 16.7 Å². The number of hydrogen-bond donors (Lipinski definition) is 0. The van der Waals surface area contributed by atoms with Crippen LogP contribution in [0.25, 0.3) is 12.2 Å². The van der Waals surface area contributed by atoms with E-state index in [4.69, 9.17) is 0 Å². The van der Waals surface area contributed by atoms with Crippen LogP contribution in [-0.4, -0.2) is 4.98 Å². The zero-order valence-electron chi connectivity index (χ0n) is 8.72. The zero-order valence-corrected chi connectivity index (χ0v) is 8.72. The van der Waals surface area contributed by atoms with Crippen LogP contribution in [0.5, 0.6) is 0 Å². The van der Waals surface area contributed by atoms with Crippen LogP contribution in [0.3, 0.4) is 0 Å². The maximum atomic E-state index is 4.06. The maximum absolute atomic E-state index is 4.06.